The molecule has 0 spiro atoms. The Morgan fingerprint density at radius 2 is 1.91 bits per heavy atom. The van der Waals surface area contributed by atoms with Gasteiger partial charge in [-0.15, -0.1) is 0 Å². The number of benzene rings is 1. The van der Waals surface area contributed by atoms with Crippen LogP contribution in [0.4, 0.5) is 14.9 Å². The highest BCUT2D eigenvalue weighted by Gasteiger charge is 2.39. The number of nitrogens with one attached hydrogen (secondary N) is 2. The van der Waals surface area contributed by atoms with Gasteiger partial charge in [-0.25, -0.2) is 18.2 Å². The number of carbonyl (C=O) groups is 4. The molecular formula is C20H25FN4O9S. The van der Waals surface area contributed by atoms with E-state index in [1.165, 1.54) is 11.8 Å². The summed E-state index contributed by atoms with van der Waals surface area (Å²) in [4.78, 5) is 49.3. The number of aromatic hydroxyl groups is 1. The number of anilines is 1. The summed E-state index contributed by atoms with van der Waals surface area (Å²) in [6.45, 7) is 4.12. The molecule has 2 unspecified atom stereocenters. The van der Waals surface area contributed by atoms with E-state index in [0.717, 1.165) is 12.1 Å². The average molecular weight is 517 g/mol. The zero-order valence-electron chi connectivity index (χ0n) is 19.1. The minimum Gasteiger partial charge on any atom is -0.506 e. The van der Waals surface area contributed by atoms with Gasteiger partial charge >= 0.3 is 22.3 Å². The fraction of sp³-hybridized carbons (Fsp3) is 0.500. The Hall–Kier alpha value is -3.62. The van der Waals surface area contributed by atoms with E-state index in [2.05, 4.69) is 5.32 Å². The Labute approximate surface area is 200 Å². The van der Waals surface area contributed by atoms with E-state index in [1.54, 1.807) is 18.6 Å². The van der Waals surface area contributed by atoms with Gasteiger partial charge in [-0.1, -0.05) is 13.8 Å². The van der Waals surface area contributed by atoms with Crippen molar-refractivity contribution in [2.45, 2.75) is 39.5 Å². The van der Waals surface area contributed by atoms with Crippen LogP contribution < -0.4 is 14.3 Å². The van der Waals surface area contributed by atoms with Gasteiger partial charge in [0, 0.05) is 26.1 Å². The standard InChI is InChI=1S/C20H25FN4O9S/c1-10(2)19(29)33-11(3)34-20(30)24-7-6-12(8-24)22-18(28)13-4-5-14(26)17(16(13)21)25-9-15(27)23-35(25,31)32/h4-5,10-12,26H,6-9H2,1-3H3,(H,22,28)(H,23,27). The van der Waals surface area contributed by atoms with Crippen molar-refractivity contribution in [3.63, 3.8) is 0 Å². The second kappa shape index (κ2) is 9.93. The molecule has 192 valence electrons. The minimum absolute atomic E-state index is 0.0287. The van der Waals surface area contributed by atoms with Crippen LogP contribution in [-0.4, -0.2) is 74.3 Å². The van der Waals surface area contributed by atoms with Crippen molar-refractivity contribution in [3.8, 4) is 5.75 Å². The van der Waals surface area contributed by atoms with Crippen LogP contribution in [0.15, 0.2) is 12.1 Å². The SMILES string of the molecule is CC(OC(=O)C(C)C)OC(=O)N1CCC(NC(=O)c2ccc(O)c(N3CC(=O)NS3(=O)=O)c2F)C1. The molecule has 3 amide bonds. The second-order valence-electron chi connectivity index (χ2n) is 8.28. The third-order valence-electron chi connectivity index (χ3n) is 5.21. The van der Waals surface area contributed by atoms with Gasteiger partial charge in [0.25, 0.3) is 11.8 Å². The fourth-order valence-corrected chi connectivity index (χ4v) is 4.62. The molecule has 3 N–H and O–H groups in total. The Bertz CT molecular complexity index is 1160. The van der Waals surface area contributed by atoms with Gasteiger partial charge in [0.2, 0.25) is 6.29 Å². The van der Waals surface area contributed by atoms with Crippen LogP contribution in [0.5, 0.6) is 5.75 Å². The Morgan fingerprint density at radius 1 is 1.23 bits per heavy atom. The molecular weight excluding hydrogens is 491 g/mol. The van der Waals surface area contributed by atoms with Crippen molar-refractivity contribution < 1.29 is 46.6 Å². The molecule has 2 aliphatic rings. The quantitative estimate of drug-likeness (QED) is 0.353. The maximum Gasteiger partial charge on any atom is 0.412 e. The summed E-state index contributed by atoms with van der Waals surface area (Å²) in [7, 11) is -4.43. The maximum absolute atomic E-state index is 15.1. The first kappa shape index (κ1) is 26.0. The van der Waals surface area contributed by atoms with Crippen LogP contribution in [-0.2, 0) is 29.3 Å². The zero-order chi connectivity index (χ0) is 26.1. The van der Waals surface area contributed by atoms with E-state index >= 15 is 4.39 Å². The molecule has 0 aliphatic carbocycles. The minimum atomic E-state index is -4.43. The lowest BCUT2D eigenvalue weighted by molar-refractivity contribution is -0.169. The van der Waals surface area contributed by atoms with E-state index in [4.69, 9.17) is 9.47 Å². The Morgan fingerprint density at radius 3 is 2.51 bits per heavy atom. The molecule has 3 rings (SSSR count). The van der Waals surface area contributed by atoms with Gasteiger partial charge in [-0.2, -0.15) is 8.42 Å². The summed E-state index contributed by atoms with van der Waals surface area (Å²) < 4.78 is 51.2. The smallest absolute Gasteiger partial charge is 0.412 e. The van der Waals surface area contributed by atoms with E-state index in [9.17, 15) is 32.7 Å². The predicted octanol–water partition coefficient (Wildman–Crippen LogP) is 0.198. The molecule has 0 bridgehead atoms. The number of likely N-dealkylation sites (tertiary alicyclic amines) is 1. The summed E-state index contributed by atoms with van der Waals surface area (Å²) in [5.74, 6) is -4.89. The first-order valence-corrected chi connectivity index (χ1v) is 12.1. The maximum atomic E-state index is 15.1. The van der Waals surface area contributed by atoms with Gasteiger partial charge in [0.05, 0.1) is 11.5 Å². The monoisotopic (exact) mass is 516 g/mol. The predicted molar refractivity (Wildman–Crippen MR) is 117 cm³/mol. The molecule has 15 heteroatoms. The number of rotatable bonds is 6. The first-order chi connectivity index (χ1) is 16.3. The van der Waals surface area contributed by atoms with Gasteiger partial charge in [0.1, 0.15) is 18.0 Å². The zero-order valence-corrected chi connectivity index (χ0v) is 19.9. The largest absolute Gasteiger partial charge is 0.506 e. The number of phenolic OH excluding ortho intramolecular Hbond substituents is 1. The van der Waals surface area contributed by atoms with E-state index in [0.29, 0.717) is 10.7 Å². The molecule has 0 aromatic heterocycles. The van der Waals surface area contributed by atoms with Crippen molar-refractivity contribution >= 4 is 39.8 Å². The fourth-order valence-electron chi connectivity index (χ4n) is 3.46. The topological polar surface area (TPSA) is 172 Å². The van der Waals surface area contributed by atoms with E-state index < -0.39 is 81.7 Å². The molecule has 2 atom stereocenters. The van der Waals surface area contributed by atoms with Crippen LogP contribution in [0.25, 0.3) is 0 Å². The number of esters is 1. The summed E-state index contributed by atoms with van der Waals surface area (Å²) in [6, 6.07) is 1.32. The highest BCUT2D eigenvalue weighted by molar-refractivity contribution is 7.92. The molecule has 13 nitrogen and oxygen atoms in total. The number of hydrogen-bond donors (Lipinski definition) is 3. The van der Waals surface area contributed by atoms with E-state index in [1.807, 2.05) is 0 Å². The highest BCUT2D eigenvalue weighted by Crippen LogP contribution is 2.35. The molecule has 2 saturated heterocycles. The summed E-state index contributed by atoms with van der Waals surface area (Å²) in [6.07, 6.45) is -1.56. The van der Waals surface area contributed by atoms with Crippen LogP contribution in [0, 0.1) is 11.7 Å². The van der Waals surface area contributed by atoms with Crippen molar-refractivity contribution in [1.82, 2.24) is 14.9 Å². The molecule has 0 saturated carbocycles. The lowest BCUT2D eigenvalue weighted by atomic mass is 10.1. The number of halogens is 1. The second-order valence-corrected chi connectivity index (χ2v) is 9.87. The Balaban J connectivity index is 1.64. The Kier molecular flexibility index (Phi) is 7.38. The normalized spacial score (nSPS) is 19.9. The molecule has 1 aromatic carbocycles. The summed E-state index contributed by atoms with van der Waals surface area (Å²) in [5.41, 5.74) is -1.40. The third kappa shape index (κ3) is 5.72. The summed E-state index contributed by atoms with van der Waals surface area (Å²) >= 11 is 0. The number of nitrogens with zero attached hydrogens (tertiary/aromatic N) is 2. The number of amides is 3. The number of hydrogen-bond acceptors (Lipinski definition) is 9. The molecule has 0 radical (unpaired) electrons. The summed E-state index contributed by atoms with van der Waals surface area (Å²) in [5, 5.41) is 12.5. The van der Waals surface area contributed by atoms with Gasteiger partial charge in [0.15, 0.2) is 5.82 Å². The number of ether oxygens (including phenoxy) is 2. The molecule has 35 heavy (non-hydrogen) atoms. The molecule has 2 heterocycles. The van der Waals surface area contributed by atoms with Crippen molar-refractivity contribution in [2.75, 3.05) is 23.9 Å². The van der Waals surface area contributed by atoms with Gasteiger partial charge < -0.3 is 24.8 Å². The number of phenols is 1. The van der Waals surface area contributed by atoms with Crippen molar-refractivity contribution in [3.05, 3.63) is 23.5 Å². The van der Waals surface area contributed by atoms with Gasteiger partial charge in [-0.3, -0.25) is 14.4 Å². The van der Waals surface area contributed by atoms with Crippen LogP contribution >= 0.6 is 0 Å². The number of carbonyl (C=O) groups excluding carboxylic acids is 4. The lowest BCUT2D eigenvalue weighted by Gasteiger charge is -2.21. The van der Waals surface area contributed by atoms with Crippen LogP contribution in [0.3, 0.4) is 0 Å². The molecule has 2 fully saturated rings. The van der Waals surface area contributed by atoms with Gasteiger partial charge in [-0.05, 0) is 18.6 Å². The average Bonchev–Trinajstić information content (AvgIpc) is 3.31. The first-order valence-electron chi connectivity index (χ1n) is 10.6. The molecule has 1 aromatic rings. The third-order valence-corrected chi connectivity index (χ3v) is 6.59. The van der Waals surface area contributed by atoms with Crippen molar-refractivity contribution in [1.29, 1.82) is 0 Å². The molecule has 2 aliphatic heterocycles. The van der Waals surface area contributed by atoms with Crippen LogP contribution in [0.2, 0.25) is 0 Å². The highest BCUT2D eigenvalue weighted by atomic mass is 32.2. The van der Waals surface area contributed by atoms with Crippen LogP contribution in [0.1, 0.15) is 37.6 Å². The van der Waals surface area contributed by atoms with E-state index in [-0.39, 0.29) is 13.1 Å². The van der Waals surface area contributed by atoms with Crippen molar-refractivity contribution in [2.24, 2.45) is 5.92 Å². The lowest BCUT2D eigenvalue weighted by Crippen LogP contribution is -2.40.